The number of rotatable bonds is 7. The first-order valence-electron chi connectivity index (χ1n) is 9.81. The number of carbonyl (C=O) groups excluding carboxylic acids is 2. The zero-order chi connectivity index (χ0) is 21.5. The van der Waals surface area contributed by atoms with Crippen molar-refractivity contribution in [2.45, 2.75) is 33.4 Å². The number of esters is 1. The van der Waals surface area contributed by atoms with Crippen molar-refractivity contribution in [1.29, 1.82) is 0 Å². The standard InChI is InChI=1S/C23H25N3O3S/c1-4-29-22(27)18-8-10-20(11-9-18)25-23(28)26(16(2)3)15-17-6-5-7-19(14-17)21-24-12-13-30-21/h5-14,16H,4,15H2,1-3H3,(H,25,28). The summed E-state index contributed by atoms with van der Waals surface area (Å²) < 4.78 is 4.98. The molecule has 0 aliphatic rings. The Hall–Kier alpha value is -3.19. The summed E-state index contributed by atoms with van der Waals surface area (Å²) in [4.78, 5) is 30.8. The molecule has 156 valence electrons. The van der Waals surface area contributed by atoms with E-state index in [0.29, 0.717) is 24.4 Å². The van der Waals surface area contributed by atoms with Gasteiger partial charge in [-0.1, -0.05) is 18.2 Å². The normalized spacial score (nSPS) is 10.7. The first kappa shape index (κ1) is 21.5. The molecule has 30 heavy (non-hydrogen) atoms. The molecule has 7 heteroatoms. The third-order valence-electron chi connectivity index (χ3n) is 4.49. The molecule has 0 bridgehead atoms. The van der Waals surface area contributed by atoms with Crippen LogP contribution in [0.4, 0.5) is 10.5 Å². The lowest BCUT2D eigenvalue weighted by Crippen LogP contribution is -2.39. The van der Waals surface area contributed by atoms with E-state index in [1.807, 2.05) is 37.4 Å². The van der Waals surface area contributed by atoms with Crippen LogP contribution in [0, 0.1) is 0 Å². The van der Waals surface area contributed by atoms with Crippen molar-refractivity contribution in [2.75, 3.05) is 11.9 Å². The summed E-state index contributed by atoms with van der Waals surface area (Å²) in [6, 6.07) is 14.6. The van der Waals surface area contributed by atoms with Gasteiger partial charge in [0.25, 0.3) is 0 Å². The highest BCUT2D eigenvalue weighted by Gasteiger charge is 2.18. The minimum absolute atomic E-state index is 0.00678. The van der Waals surface area contributed by atoms with Gasteiger partial charge in [-0.25, -0.2) is 14.6 Å². The maximum atomic E-state index is 12.9. The summed E-state index contributed by atoms with van der Waals surface area (Å²) in [5.74, 6) is -0.376. The molecular formula is C23H25N3O3S. The van der Waals surface area contributed by atoms with Gasteiger partial charge in [0.05, 0.1) is 12.2 Å². The van der Waals surface area contributed by atoms with E-state index in [-0.39, 0.29) is 18.0 Å². The van der Waals surface area contributed by atoms with E-state index < -0.39 is 0 Å². The Morgan fingerprint density at radius 2 is 1.93 bits per heavy atom. The van der Waals surface area contributed by atoms with Crippen LogP contribution in [0.15, 0.2) is 60.1 Å². The lowest BCUT2D eigenvalue weighted by atomic mass is 10.1. The Labute approximate surface area is 180 Å². The van der Waals surface area contributed by atoms with Crippen LogP contribution in [0.3, 0.4) is 0 Å². The van der Waals surface area contributed by atoms with Crippen LogP contribution in [-0.2, 0) is 11.3 Å². The summed E-state index contributed by atoms with van der Waals surface area (Å²) in [6.07, 6.45) is 1.79. The maximum absolute atomic E-state index is 12.9. The number of nitrogens with one attached hydrogen (secondary N) is 1. The Bertz CT molecular complexity index is 985. The fourth-order valence-electron chi connectivity index (χ4n) is 2.95. The van der Waals surface area contributed by atoms with Crippen molar-refractivity contribution in [3.05, 3.63) is 71.2 Å². The second kappa shape index (κ2) is 10.0. The number of thiazole rings is 1. The summed E-state index contributed by atoms with van der Waals surface area (Å²) in [5.41, 5.74) is 3.15. The molecule has 0 spiro atoms. The molecule has 0 aliphatic carbocycles. The summed E-state index contributed by atoms with van der Waals surface area (Å²) in [7, 11) is 0. The number of urea groups is 1. The van der Waals surface area contributed by atoms with Gasteiger partial charge in [0, 0.05) is 35.4 Å². The van der Waals surface area contributed by atoms with Gasteiger partial charge in [-0.05, 0) is 56.7 Å². The first-order chi connectivity index (χ1) is 14.5. The van der Waals surface area contributed by atoms with E-state index in [2.05, 4.69) is 16.4 Å². The molecule has 1 N–H and O–H groups in total. The van der Waals surface area contributed by atoms with Crippen LogP contribution in [0.25, 0.3) is 10.6 Å². The largest absolute Gasteiger partial charge is 0.462 e. The Balaban J connectivity index is 1.70. The lowest BCUT2D eigenvalue weighted by molar-refractivity contribution is 0.0526. The van der Waals surface area contributed by atoms with Gasteiger partial charge in [0.2, 0.25) is 0 Å². The molecular weight excluding hydrogens is 398 g/mol. The number of aromatic nitrogens is 1. The molecule has 0 saturated carbocycles. The van der Waals surface area contributed by atoms with Crippen LogP contribution >= 0.6 is 11.3 Å². The van der Waals surface area contributed by atoms with E-state index in [1.165, 1.54) is 0 Å². The lowest BCUT2D eigenvalue weighted by Gasteiger charge is -2.27. The predicted molar refractivity (Wildman–Crippen MR) is 120 cm³/mol. The molecule has 2 aromatic carbocycles. The zero-order valence-electron chi connectivity index (χ0n) is 17.3. The number of carbonyl (C=O) groups is 2. The van der Waals surface area contributed by atoms with Gasteiger partial charge in [0.1, 0.15) is 5.01 Å². The van der Waals surface area contributed by atoms with E-state index in [9.17, 15) is 9.59 Å². The fraction of sp³-hybridized carbons (Fsp3) is 0.261. The van der Waals surface area contributed by atoms with Gasteiger partial charge in [-0.3, -0.25) is 0 Å². The average molecular weight is 424 g/mol. The number of hydrogen-bond acceptors (Lipinski definition) is 5. The van der Waals surface area contributed by atoms with Crippen LogP contribution < -0.4 is 5.32 Å². The molecule has 1 aromatic heterocycles. The van der Waals surface area contributed by atoms with Crippen molar-refractivity contribution >= 4 is 29.0 Å². The van der Waals surface area contributed by atoms with Crippen LogP contribution in [0.1, 0.15) is 36.7 Å². The summed E-state index contributed by atoms with van der Waals surface area (Å²) in [6.45, 7) is 6.52. The Morgan fingerprint density at radius 3 is 2.57 bits per heavy atom. The van der Waals surface area contributed by atoms with Crippen molar-refractivity contribution in [3.8, 4) is 10.6 Å². The Morgan fingerprint density at radius 1 is 1.17 bits per heavy atom. The molecule has 0 atom stereocenters. The molecule has 2 amide bonds. The quantitative estimate of drug-likeness (QED) is 0.515. The van der Waals surface area contributed by atoms with E-state index in [0.717, 1.165) is 16.1 Å². The van der Waals surface area contributed by atoms with E-state index in [1.54, 1.807) is 53.6 Å². The molecule has 0 fully saturated rings. The van der Waals surface area contributed by atoms with E-state index in [4.69, 9.17) is 4.74 Å². The topological polar surface area (TPSA) is 71.5 Å². The van der Waals surface area contributed by atoms with E-state index >= 15 is 0 Å². The van der Waals surface area contributed by atoms with Crippen molar-refractivity contribution in [2.24, 2.45) is 0 Å². The molecule has 1 heterocycles. The third kappa shape index (κ3) is 5.45. The smallest absolute Gasteiger partial charge is 0.338 e. The second-order valence-corrected chi connectivity index (χ2v) is 7.88. The Kier molecular flexibility index (Phi) is 7.19. The average Bonchev–Trinajstić information content (AvgIpc) is 3.27. The van der Waals surface area contributed by atoms with Gasteiger partial charge < -0.3 is 15.0 Å². The molecule has 3 rings (SSSR count). The van der Waals surface area contributed by atoms with Crippen LogP contribution in [-0.4, -0.2) is 34.5 Å². The highest BCUT2D eigenvalue weighted by Crippen LogP contribution is 2.23. The number of hydrogen-bond donors (Lipinski definition) is 1. The molecule has 3 aromatic rings. The maximum Gasteiger partial charge on any atom is 0.338 e. The van der Waals surface area contributed by atoms with Crippen molar-refractivity contribution in [1.82, 2.24) is 9.88 Å². The molecule has 6 nitrogen and oxygen atoms in total. The monoisotopic (exact) mass is 423 g/mol. The van der Waals surface area contributed by atoms with Crippen LogP contribution in [0.5, 0.6) is 0 Å². The highest BCUT2D eigenvalue weighted by atomic mass is 32.1. The molecule has 0 saturated heterocycles. The number of benzene rings is 2. The summed E-state index contributed by atoms with van der Waals surface area (Å²) >= 11 is 1.59. The molecule has 0 aliphatic heterocycles. The third-order valence-corrected chi connectivity index (χ3v) is 5.31. The number of nitrogens with zero attached hydrogens (tertiary/aromatic N) is 2. The number of anilines is 1. The first-order valence-corrected chi connectivity index (χ1v) is 10.7. The SMILES string of the molecule is CCOC(=O)c1ccc(NC(=O)N(Cc2cccc(-c3nccs3)c2)C(C)C)cc1. The van der Waals surface area contributed by atoms with Crippen LogP contribution in [0.2, 0.25) is 0 Å². The number of amides is 2. The van der Waals surface area contributed by atoms with Gasteiger partial charge in [0.15, 0.2) is 0 Å². The number of ether oxygens (including phenoxy) is 1. The highest BCUT2D eigenvalue weighted by molar-refractivity contribution is 7.13. The second-order valence-electron chi connectivity index (χ2n) is 6.99. The molecule has 0 radical (unpaired) electrons. The van der Waals surface area contributed by atoms with Crippen molar-refractivity contribution in [3.63, 3.8) is 0 Å². The summed E-state index contributed by atoms with van der Waals surface area (Å²) in [5, 5.41) is 5.81. The van der Waals surface area contributed by atoms with Gasteiger partial charge in [-0.2, -0.15) is 0 Å². The van der Waals surface area contributed by atoms with Gasteiger partial charge in [-0.15, -0.1) is 11.3 Å². The molecule has 0 unspecified atom stereocenters. The minimum atomic E-state index is -0.376. The minimum Gasteiger partial charge on any atom is -0.462 e. The predicted octanol–water partition coefficient (Wildman–Crippen LogP) is 5.43. The van der Waals surface area contributed by atoms with Crippen molar-refractivity contribution < 1.29 is 14.3 Å². The van der Waals surface area contributed by atoms with Gasteiger partial charge >= 0.3 is 12.0 Å². The zero-order valence-corrected chi connectivity index (χ0v) is 18.1. The fourth-order valence-corrected chi connectivity index (χ4v) is 3.59.